The summed E-state index contributed by atoms with van der Waals surface area (Å²) in [6.07, 6.45) is 6.35. The second-order valence-corrected chi connectivity index (χ2v) is 8.93. The van der Waals surface area contributed by atoms with E-state index in [4.69, 9.17) is 4.98 Å². The van der Waals surface area contributed by atoms with Gasteiger partial charge in [-0.3, -0.25) is 0 Å². The first kappa shape index (κ1) is 18.2. The third kappa shape index (κ3) is 3.77. The van der Waals surface area contributed by atoms with Crippen LogP contribution >= 0.6 is 0 Å². The van der Waals surface area contributed by atoms with Gasteiger partial charge in [0.25, 0.3) is 10.0 Å². The van der Waals surface area contributed by atoms with Crippen LogP contribution in [0.15, 0.2) is 23.6 Å². The average Bonchev–Trinajstić information content (AvgIpc) is 3.24. The molecule has 1 N–H and O–H groups in total. The zero-order chi connectivity index (χ0) is 18.9. The average molecular weight is 392 g/mol. The number of aromatic nitrogens is 4. The molecule has 0 aromatic carbocycles. The van der Waals surface area contributed by atoms with Gasteiger partial charge in [-0.05, 0) is 26.2 Å². The highest BCUT2D eigenvalue weighted by molar-refractivity contribution is 7.89. The highest BCUT2D eigenvalue weighted by Gasteiger charge is 2.30. The van der Waals surface area contributed by atoms with Crippen molar-refractivity contribution in [3.05, 3.63) is 24.3 Å². The fourth-order valence-electron chi connectivity index (χ4n) is 3.61. The van der Waals surface area contributed by atoms with Crippen LogP contribution < -0.4 is 9.80 Å². The molecule has 2 aliphatic heterocycles. The van der Waals surface area contributed by atoms with E-state index in [1.165, 1.54) is 36.1 Å². The molecule has 0 atom stereocenters. The fraction of sp³-hybridized carbons (Fsp3) is 0.588. The lowest BCUT2D eigenvalue weighted by atomic mass is 10.1. The van der Waals surface area contributed by atoms with Crippen LogP contribution in [-0.2, 0) is 10.0 Å². The van der Waals surface area contributed by atoms with Crippen molar-refractivity contribution < 1.29 is 8.42 Å². The van der Waals surface area contributed by atoms with Gasteiger partial charge in [0.15, 0.2) is 5.03 Å². The molecular weight excluding hydrogens is 366 g/mol. The summed E-state index contributed by atoms with van der Waals surface area (Å²) in [7, 11) is -3.51. The Kier molecular flexibility index (Phi) is 5.00. The molecule has 4 heterocycles. The number of rotatable bonds is 4. The Balaban J connectivity index is 1.47. The molecule has 0 aliphatic carbocycles. The Morgan fingerprint density at radius 1 is 0.963 bits per heavy atom. The quantitative estimate of drug-likeness (QED) is 0.830. The maximum absolute atomic E-state index is 12.6. The molecule has 9 nitrogen and oxygen atoms in total. The van der Waals surface area contributed by atoms with Crippen molar-refractivity contribution in [3.8, 4) is 0 Å². The summed E-state index contributed by atoms with van der Waals surface area (Å²) in [6, 6.07) is 1.98. The number of piperidine rings is 1. The second kappa shape index (κ2) is 7.43. The topological polar surface area (TPSA) is 98.3 Å². The van der Waals surface area contributed by atoms with Gasteiger partial charge in [-0.2, -0.15) is 9.29 Å². The summed E-state index contributed by atoms with van der Waals surface area (Å²) in [5.41, 5.74) is 0.938. The Labute approximate surface area is 159 Å². The lowest BCUT2D eigenvalue weighted by Crippen LogP contribution is -2.49. The van der Waals surface area contributed by atoms with E-state index in [1.807, 2.05) is 13.0 Å². The molecule has 10 heteroatoms. The van der Waals surface area contributed by atoms with Gasteiger partial charge >= 0.3 is 0 Å². The van der Waals surface area contributed by atoms with Crippen molar-refractivity contribution in [2.24, 2.45) is 0 Å². The van der Waals surface area contributed by atoms with Crippen LogP contribution in [0.2, 0.25) is 0 Å². The predicted octanol–water partition coefficient (Wildman–Crippen LogP) is 1.01. The molecule has 2 aromatic rings. The van der Waals surface area contributed by atoms with E-state index in [0.717, 1.165) is 30.5 Å². The number of anilines is 2. The van der Waals surface area contributed by atoms with Gasteiger partial charge in [0.1, 0.15) is 5.82 Å². The number of H-pyrrole nitrogens is 1. The molecule has 146 valence electrons. The van der Waals surface area contributed by atoms with Crippen molar-refractivity contribution >= 4 is 21.8 Å². The Bertz CT molecular complexity index is 871. The molecule has 0 saturated carbocycles. The number of hydrogen-bond acceptors (Lipinski definition) is 7. The van der Waals surface area contributed by atoms with Crippen molar-refractivity contribution in [2.45, 2.75) is 31.2 Å². The van der Waals surface area contributed by atoms with Crippen molar-refractivity contribution in [3.63, 3.8) is 0 Å². The zero-order valence-electron chi connectivity index (χ0n) is 15.5. The first-order chi connectivity index (χ1) is 13.0. The van der Waals surface area contributed by atoms with E-state index < -0.39 is 10.0 Å². The van der Waals surface area contributed by atoms with Crippen LogP contribution in [0.25, 0.3) is 0 Å². The van der Waals surface area contributed by atoms with Gasteiger partial charge in [0.05, 0.1) is 12.5 Å². The van der Waals surface area contributed by atoms with Gasteiger partial charge in [-0.15, -0.1) is 0 Å². The van der Waals surface area contributed by atoms with E-state index in [9.17, 15) is 8.42 Å². The minimum atomic E-state index is -3.51. The molecule has 27 heavy (non-hydrogen) atoms. The molecule has 2 aliphatic rings. The number of piperazine rings is 1. The van der Waals surface area contributed by atoms with Crippen LogP contribution in [0.4, 0.5) is 11.8 Å². The minimum Gasteiger partial charge on any atom is -0.354 e. The number of imidazole rings is 1. The van der Waals surface area contributed by atoms with E-state index in [2.05, 4.69) is 24.8 Å². The third-order valence-corrected chi connectivity index (χ3v) is 6.95. The summed E-state index contributed by atoms with van der Waals surface area (Å²) in [6.45, 7) is 6.02. The summed E-state index contributed by atoms with van der Waals surface area (Å²) in [5, 5.41) is 0.140. The smallest absolute Gasteiger partial charge is 0.260 e. The number of sulfonamides is 1. The molecule has 4 rings (SSSR count). The van der Waals surface area contributed by atoms with Crippen LogP contribution in [-0.4, -0.2) is 71.9 Å². The van der Waals surface area contributed by atoms with Gasteiger partial charge in [0, 0.05) is 51.0 Å². The maximum atomic E-state index is 12.6. The molecule has 0 amide bonds. The first-order valence-corrected chi connectivity index (χ1v) is 10.8. The highest BCUT2D eigenvalue weighted by atomic mass is 32.2. The van der Waals surface area contributed by atoms with Crippen LogP contribution in [0.3, 0.4) is 0 Å². The van der Waals surface area contributed by atoms with Crippen LogP contribution in [0.5, 0.6) is 0 Å². The highest BCUT2D eigenvalue weighted by Crippen LogP contribution is 2.23. The monoisotopic (exact) mass is 391 g/mol. The number of nitrogens with one attached hydrogen (secondary N) is 1. The van der Waals surface area contributed by atoms with E-state index in [1.54, 1.807) is 0 Å². The Morgan fingerprint density at radius 3 is 2.37 bits per heavy atom. The number of aryl methyl sites for hydroxylation is 1. The van der Waals surface area contributed by atoms with Crippen molar-refractivity contribution in [1.29, 1.82) is 0 Å². The number of hydrogen-bond donors (Lipinski definition) is 1. The maximum Gasteiger partial charge on any atom is 0.260 e. The minimum absolute atomic E-state index is 0.140. The number of aromatic amines is 1. The van der Waals surface area contributed by atoms with Crippen LogP contribution in [0, 0.1) is 6.92 Å². The zero-order valence-corrected chi connectivity index (χ0v) is 16.3. The molecule has 0 unspecified atom stereocenters. The van der Waals surface area contributed by atoms with Gasteiger partial charge < -0.3 is 14.8 Å². The first-order valence-electron chi connectivity index (χ1n) is 9.38. The number of nitrogens with zero attached hydrogens (tertiary/aromatic N) is 6. The molecular formula is C17H25N7O2S. The molecule has 0 bridgehead atoms. The van der Waals surface area contributed by atoms with Gasteiger partial charge in [-0.25, -0.2) is 18.4 Å². The van der Waals surface area contributed by atoms with Gasteiger partial charge in [0.2, 0.25) is 5.95 Å². The summed E-state index contributed by atoms with van der Waals surface area (Å²) < 4.78 is 26.7. The third-order valence-electron chi connectivity index (χ3n) is 5.12. The SMILES string of the molecule is Cc1cc(N2CCN(S(=O)(=O)c3cnc[nH]3)CC2)nc(N2CCCCC2)n1. The lowest BCUT2D eigenvalue weighted by molar-refractivity contribution is 0.382. The Hall–Kier alpha value is -2.20. The second-order valence-electron chi connectivity index (χ2n) is 7.02. The summed E-state index contributed by atoms with van der Waals surface area (Å²) in [4.78, 5) is 20.3. The van der Waals surface area contributed by atoms with Crippen molar-refractivity contribution in [2.75, 3.05) is 49.1 Å². The molecule has 2 aromatic heterocycles. The summed E-state index contributed by atoms with van der Waals surface area (Å²) >= 11 is 0. The predicted molar refractivity (Wildman–Crippen MR) is 102 cm³/mol. The van der Waals surface area contributed by atoms with E-state index in [-0.39, 0.29) is 5.03 Å². The summed E-state index contributed by atoms with van der Waals surface area (Å²) in [5.74, 6) is 1.67. The molecule has 0 radical (unpaired) electrons. The fourth-order valence-corrected chi connectivity index (χ4v) is 4.93. The standard InChI is InChI=1S/C17H25N7O2S/c1-14-11-15(21-17(20-14)23-5-3-2-4-6-23)22-7-9-24(10-8-22)27(25,26)16-12-18-13-19-16/h11-13H,2-10H2,1H3,(H,18,19). The molecule has 0 spiro atoms. The van der Waals surface area contributed by atoms with E-state index in [0.29, 0.717) is 26.2 Å². The van der Waals surface area contributed by atoms with Gasteiger partial charge in [-0.1, -0.05) is 0 Å². The van der Waals surface area contributed by atoms with Crippen LogP contribution in [0.1, 0.15) is 25.0 Å². The molecule has 2 fully saturated rings. The normalized spacial score (nSPS) is 19.4. The largest absolute Gasteiger partial charge is 0.354 e. The lowest BCUT2D eigenvalue weighted by Gasteiger charge is -2.35. The Morgan fingerprint density at radius 2 is 1.70 bits per heavy atom. The molecule has 2 saturated heterocycles. The van der Waals surface area contributed by atoms with E-state index >= 15 is 0 Å². The van der Waals surface area contributed by atoms with Crippen molar-refractivity contribution in [1.82, 2.24) is 24.2 Å².